The van der Waals surface area contributed by atoms with E-state index in [1.54, 1.807) is 0 Å². The topological polar surface area (TPSA) is 81.2 Å². The Balaban J connectivity index is 1.98. The molecule has 0 aliphatic carbocycles. The zero-order valence-electron chi connectivity index (χ0n) is 13.2. The highest BCUT2D eigenvalue weighted by Crippen LogP contribution is 2.27. The van der Waals surface area contributed by atoms with E-state index in [1.807, 2.05) is 25.3 Å². The summed E-state index contributed by atoms with van der Waals surface area (Å²) in [5.41, 5.74) is 0. The Kier molecular flexibility index (Phi) is 6.35. The molecule has 6 nitrogen and oxygen atoms in total. The predicted octanol–water partition coefficient (Wildman–Crippen LogP) is 2.49. The van der Waals surface area contributed by atoms with Crippen LogP contribution in [0.25, 0.3) is 10.2 Å². The minimum atomic E-state index is -0.621. The number of esters is 1. The maximum atomic E-state index is 12.2. The van der Waals surface area contributed by atoms with E-state index in [0.29, 0.717) is 0 Å². The Morgan fingerprint density at radius 2 is 2.22 bits per heavy atom. The molecular weight excluding hydrogens is 334 g/mol. The van der Waals surface area contributed by atoms with Gasteiger partial charge in [-0.15, -0.1) is 11.3 Å². The summed E-state index contributed by atoms with van der Waals surface area (Å²) >= 11 is 2.87. The number of thioether (sulfide) groups is 1. The zero-order valence-corrected chi connectivity index (χ0v) is 14.9. The monoisotopic (exact) mass is 353 g/mol. The fraction of sp³-hybridized carbons (Fsp3) is 0.467. The van der Waals surface area contributed by atoms with E-state index < -0.39 is 12.0 Å². The summed E-state index contributed by atoms with van der Waals surface area (Å²) in [6.45, 7) is 3.88. The smallest absolute Gasteiger partial charge is 0.328 e. The van der Waals surface area contributed by atoms with Gasteiger partial charge in [-0.2, -0.15) is 0 Å². The molecule has 0 aliphatic heterocycles. The number of fused-ring (bicyclic) bond motifs is 1. The van der Waals surface area contributed by atoms with Crippen molar-refractivity contribution in [3.8, 4) is 0 Å². The van der Waals surface area contributed by atoms with E-state index in [2.05, 4.69) is 15.3 Å². The molecule has 1 N–H and O–H groups in total. The van der Waals surface area contributed by atoms with Gasteiger partial charge in [0.2, 0.25) is 5.91 Å². The summed E-state index contributed by atoms with van der Waals surface area (Å²) in [5, 5.41) is 6.41. The van der Waals surface area contributed by atoms with Gasteiger partial charge >= 0.3 is 5.97 Å². The van der Waals surface area contributed by atoms with Gasteiger partial charge in [0.05, 0.1) is 12.9 Å². The van der Waals surface area contributed by atoms with Crippen molar-refractivity contribution in [2.45, 2.75) is 31.3 Å². The number of aromatic nitrogens is 2. The molecule has 0 fully saturated rings. The largest absolute Gasteiger partial charge is 0.467 e. The number of rotatable bonds is 7. The van der Waals surface area contributed by atoms with Crippen molar-refractivity contribution in [2.75, 3.05) is 12.9 Å². The molecule has 0 aliphatic rings. The van der Waals surface area contributed by atoms with Gasteiger partial charge in [0.1, 0.15) is 22.2 Å². The summed E-state index contributed by atoms with van der Waals surface area (Å²) < 4.78 is 4.77. The molecule has 0 radical (unpaired) electrons. The second-order valence-electron chi connectivity index (χ2n) is 5.06. The number of hydrogen-bond acceptors (Lipinski definition) is 7. The number of ether oxygens (including phenoxy) is 1. The third-order valence-electron chi connectivity index (χ3n) is 3.55. The number of nitrogens with one attached hydrogen (secondary N) is 1. The molecule has 0 saturated carbocycles. The molecule has 0 saturated heterocycles. The molecular formula is C15H19N3O3S2. The van der Waals surface area contributed by atoms with Crippen molar-refractivity contribution in [3.63, 3.8) is 0 Å². The van der Waals surface area contributed by atoms with Crippen molar-refractivity contribution in [3.05, 3.63) is 17.8 Å². The van der Waals surface area contributed by atoms with Gasteiger partial charge < -0.3 is 10.1 Å². The number of nitrogens with zero attached hydrogens (tertiary/aromatic N) is 2. The molecule has 8 heteroatoms. The van der Waals surface area contributed by atoms with Gasteiger partial charge in [-0.25, -0.2) is 14.8 Å². The number of hydrogen-bond donors (Lipinski definition) is 1. The summed E-state index contributed by atoms with van der Waals surface area (Å²) in [6, 6.07) is 1.32. The first-order chi connectivity index (χ1) is 11.1. The van der Waals surface area contributed by atoms with Crippen LogP contribution in [0.1, 0.15) is 20.3 Å². The Hall–Kier alpha value is -1.67. The van der Waals surface area contributed by atoms with Gasteiger partial charge in [0.25, 0.3) is 0 Å². The standard InChI is InChI=1S/C15H19N3O3S2/c1-4-9(2)12(15(20)21-3)18-11(19)7-23-14-10-5-6-22-13(10)16-8-17-14/h5-6,8-9,12H,4,7H2,1-3H3,(H,18,19)/t9-,12+/m1/s1. The number of carbonyl (C=O) groups excluding carboxylic acids is 2. The lowest BCUT2D eigenvalue weighted by atomic mass is 9.99. The predicted molar refractivity (Wildman–Crippen MR) is 91.5 cm³/mol. The van der Waals surface area contributed by atoms with Gasteiger partial charge in [0.15, 0.2) is 0 Å². The number of carbonyl (C=O) groups is 2. The fourth-order valence-corrected chi connectivity index (χ4v) is 3.62. The van der Waals surface area contributed by atoms with Crippen molar-refractivity contribution >= 4 is 45.2 Å². The van der Waals surface area contributed by atoms with Crippen LogP contribution < -0.4 is 5.32 Å². The van der Waals surface area contributed by atoms with Crippen molar-refractivity contribution < 1.29 is 14.3 Å². The van der Waals surface area contributed by atoms with E-state index in [-0.39, 0.29) is 17.6 Å². The van der Waals surface area contributed by atoms with Crippen LogP contribution >= 0.6 is 23.1 Å². The molecule has 124 valence electrons. The van der Waals surface area contributed by atoms with Crippen LogP contribution in [0, 0.1) is 5.92 Å². The first-order valence-corrected chi connectivity index (χ1v) is 9.11. The first kappa shape index (κ1) is 17.7. The fourth-order valence-electron chi connectivity index (χ4n) is 2.03. The minimum Gasteiger partial charge on any atom is -0.467 e. The van der Waals surface area contributed by atoms with E-state index >= 15 is 0 Å². The molecule has 0 bridgehead atoms. The molecule has 0 spiro atoms. The number of thiophene rings is 1. The van der Waals surface area contributed by atoms with Crippen molar-refractivity contribution in [1.82, 2.24) is 15.3 Å². The van der Waals surface area contributed by atoms with Crippen LogP contribution in [0.5, 0.6) is 0 Å². The Morgan fingerprint density at radius 1 is 1.43 bits per heavy atom. The van der Waals surface area contributed by atoms with Crippen LogP contribution in [0.3, 0.4) is 0 Å². The Bertz CT molecular complexity index is 689. The van der Waals surface area contributed by atoms with Gasteiger partial charge in [-0.1, -0.05) is 32.0 Å². The van der Waals surface area contributed by atoms with Gasteiger partial charge in [0, 0.05) is 5.39 Å². The normalized spacial score (nSPS) is 13.5. The highest BCUT2D eigenvalue weighted by Gasteiger charge is 2.26. The van der Waals surface area contributed by atoms with Crippen LogP contribution in [0.4, 0.5) is 0 Å². The third-order valence-corrected chi connectivity index (χ3v) is 5.38. The van der Waals surface area contributed by atoms with Crippen LogP contribution in [0.2, 0.25) is 0 Å². The average molecular weight is 353 g/mol. The molecule has 2 heterocycles. The Morgan fingerprint density at radius 3 is 2.91 bits per heavy atom. The highest BCUT2D eigenvalue weighted by atomic mass is 32.2. The SMILES string of the molecule is CC[C@@H](C)[C@H](NC(=O)CSc1ncnc2sccc12)C(=O)OC. The van der Waals surface area contributed by atoms with Crippen molar-refractivity contribution in [2.24, 2.45) is 5.92 Å². The van der Waals surface area contributed by atoms with Gasteiger partial charge in [-0.3, -0.25) is 4.79 Å². The number of methoxy groups -OCH3 is 1. The van der Waals surface area contributed by atoms with Crippen LogP contribution in [0.15, 0.2) is 22.8 Å². The summed E-state index contributed by atoms with van der Waals surface area (Å²) in [6.07, 6.45) is 2.27. The van der Waals surface area contributed by atoms with Crippen LogP contribution in [-0.2, 0) is 14.3 Å². The lowest BCUT2D eigenvalue weighted by Crippen LogP contribution is -2.46. The second-order valence-corrected chi connectivity index (χ2v) is 6.92. The molecule has 2 rings (SSSR count). The minimum absolute atomic E-state index is 0.0130. The molecule has 0 unspecified atom stereocenters. The number of amides is 1. The maximum Gasteiger partial charge on any atom is 0.328 e. The van der Waals surface area contributed by atoms with E-state index in [4.69, 9.17) is 4.74 Å². The van der Waals surface area contributed by atoms with E-state index in [9.17, 15) is 9.59 Å². The van der Waals surface area contributed by atoms with Gasteiger partial charge in [-0.05, 0) is 17.4 Å². The molecule has 0 aromatic carbocycles. The van der Waals surface area contributed by atoms with Crippen LogP contribution in [-0.4, -0.2) is 40.7 Å². The first-order valence-electron chi connectivity index (χ1n) is 7.25. The lowest BCUT2D eigenvalue weighted by Gasteiger charge is -2.21. The maximum absolute atomic E-state index is 12.2. The van der Waals surface area contributed by atoms with Crippen molar-refractivity contribution in [1.29, 1.82) is 0 Å². The zero-order chi connectivity index (χ0) is 16.8. The third kappa shape index (κ3) is 4.42. The Labute approximate surface area is 143 Å². The summed E-state index contributed by atoms with van der Waals surface area (Å²) in [5.74, 6) is -0.432. The molecule has 2 atom stereocenters. The molecule has 1 amide bonds. The highest BCUT2D eigenvalue weighted by molar-refractivity contribution is 8.00. The molecule has 23 heavy (non-hydrogen) atoms. The second kappa shape index (κ2) is 8.26. The summed E-state index contributed by atoms with van der Waals surface area (Å²) in [7, 11) is 1.33. The van der Waals surface area contributed by atoms with E-state index in [0.717, 1.165) is 21.7 Å². The lowest BCUT2D eigenvalue weighted by molar-refractivity contribution is -0.146. The average Bonchev–Trinajstić information content (AvgIpc) is 3.05. The van der Waals surface area contributed by atoms with E-state index in [1.165, 1.54) is 36.5 Å². The molecule has 2 aromatic rings. The quantitative estimate of drug-likeness (QED) is 0.468. The summed E-state index contributed by atoms with van der Waals surface area (Å²) in [4.78, 5) is 33.3. The molecule has 2 aromatic heterocycles.